The molecule has 5 heteroatoms. The molecule has 0 saturated heterocycles. The van der Waals surface area contributed by atoms with Gasteiger partial charge in [-0.05, 0) is 50.3 Å². The molecule has 2 aromatic carbocycles. The van der Waals surface area contributed by atoms with Gasteiger partial charge in [-0.25, -0.2) is 0 Å². The molecular weight excluding hydrogens is 392 g/mol. The first-order valence-electron chi connectivity index (χ1n) is 10.4. The third kappa shape index (κ3) is 4.46. The highest BCUT2D eigenvalue weighted by atomic mass is 32.2. The van der Waals surface area contributed by atoms with Crippen LogP contribution in [-0.4, -0.2) is 21.7 Å². The number of hydrogen-bond donors (Lipinski definition) is 0. The van der Waals surface area contributed by atoms with Gasteiger partial charge < -0.3 is 9.42 Å². The average molecular weight is 421 g/mol. The number of amides is 1. The molecule has 0 saturated carbocycles. The van der Waals surface area contributed by atoms with Crippen LogP contribution in [0.4, 0.5) is 0 Å². The molecule has 0 N–H and O–H groups in total. The van der Waals surface area contributed by atoms with Crippen molar-refractivity contribution in [1.82, 2.24) is 10.1 Å². The Morgan fingerprint density at radius 3 is 2.63 bits per heavy atom. The molecule has 30 heavy (non-hydrogen) atoms. The minimum atomic E-state index is 0.148. The first-order valence-corrected chi connectivity index (χ1v) is 11.6. The fraction of sp³-hybridized carbons (Fsp3) is 0.360. The van der Waals surface area contributed by atoms with Gasteiger partial charge in [-0.1, -0.05) is 59.3 Å². The highest BCUT2D eigenvalue weighted by Gasteiger charge is 2.30. The Kier molecular flexibility index (Phi) is 6.28. The fourth-order valence-electron chi connectivity index (χ4n) is 4.15. The largest absolute Gasteiger partial charge is 0.361 e. The van der Waals surface area contributed by atoms with E-state index in [-0.39, 0.29) is 11.9 Å². The molecule has 0 spiro atoms. The zero-order chi connectivity index (χ0) is 21.1. The molecule has 0 aliphatic heterocycles. The smallest absolute Gasteiger partial charge is 0.233 e. The van der Waals surface area contributed by atoms with Crippen LogP contribution in [0.3, 0.4) is 0 Å². The van der Waals surface area contributed by atoms with Crippen LogP contribution in [0.25, 0.3) is 0 Å². The number of thioether (sulfide) groups is 1. The summed E-state index contributed by atoms with van der Waals surface area (Å²) in [7, 11) is 0. The first kappa shape index (κ1) is 20.7. The Bertz CT molecular complexity index is 1010. The molecule has 1 atom stereocenters. The van der Waals surface area contributed by atoms with Crippen molar-refractivity contribution in [2.45, 2.75) is 52.0 Å². The molecule has 1 aromatic heterocycles. The van der Waals surface area contributed by atoms with Gasteiger partial charge in [-0.15, -0.1) is 11.8 Å². The topological polar surface area (TPSA) is 46.3 Å². The molecule has 1 aliphatic rings. The summed E-state index contributed by atoms with van der Waals surface area (Å²) >= 11 is 1.64. The third-order valence-electron chi connectivity index (χ3n) is 5.92. The molecule has 4 nitrogen and oxygen atoms in total. The van der Waals surface area contributed by atoms with E-state index in [9.17, 15) is 4.79 Å². The van der Waals surface area contributed by atoms with Gasteiger partial charge in [-0.2, -0.15) is 0 Å². The van der Waals surface area contributed by atoms with Crippen LogP contribution < -0.4 is 0 Å². The van der Waals surface area contributed by atoms with Gasteiger partial charge in [0.1, 0.15) is 5.76 Å². The lowest BCUT2D eigenvalue weighted by Gasteiger charge is -2.30. The summed E-state index contributed by atoms with van der Waals surface area (Å²) in [6.45, 7) is 6.61. The van der Waals surface area contributed by atoms with Gasteiger partial charge in [0.2, 0.25) is 5.91 Å². The first-order chi connectivity index (χ1) is 14.5. The molecule has 3 aromatic rings. The maximum atomic E-state index is 13.4. The highest BCUT2D eigenvalue weighted by molar-refractivity contribution is 7.99. The molecular formula is C25H28N2O2S. The normalized spacial score (nSPS) is 15.2. The second-order valence-electron chi connectivity index (χ2n) is 8.06. The lowest BCUT2D eigenvalue weighted by molar-refractivity contribution is -0.131. The summed E-state index contributed by atoms with van der Waals surface area (Å²) in [4.78, 5) is 15.5. The summed E-state index contributed by atoms with van der Waals surface area (Å²) in [6, 6.07) is 17.2. The summed E-state index contributed by atoms with van der Waals surface area (Å²) in [6.07, 6.45) is 2.02. The zero-order valence-corrected chi connectivity index (χ0v) is 18.7. The monoisotopic (exact) mass is 420 g/mol. The maximum Gasteiger partial charge on any atom is 0.233 e. The Morgan fingerprint density at radius 1 is 1.13 bits per heavy atom. The van der Waals surface area contributed by atoms with Crippen molar-refractivity contribution < 1.29 is 9.32 Å². The Hall–Kier alpha value is -2.53. The van der Waals surface area contributed by atoms with Crippen LogP contribution in [0.2, 0.25) is 0 Å². The summed E-state index contributed by atoms with van der Waals surface area (Å²) in [5.41, 5.74) is 7.09. The number of nitrogens with zero attached hydrogens (tertiary/aromatic N) is 2. The molecule has 4 rings (SSSR count). The number of carbonyl (C=O) groups excluding carboxylic acids is 1. The van der Waals surface area contributed by atoms with E-state index in [4.69, 9.17) is 4.52 Å². The summed E-state index contributed by atoms with van der Waals surface area (Å²) < 4.78 is 5.25. The van der Waals surface area contributed by atoms with Crippen LogP contribution in [-0.2, 0) is 23.5 Å². The number of benzene rings is 2. The third-order valence-corrected chi connectivity index (χ3v) is 6.87. The predicted octanol–water partition coefficient (Wildman–Crippen LogP) is 5.55. The van der Waals surface area contributed by atoms with Crippen molar-refractivity contribution >= 4 is 17.7 Å². The van der Waals surface area contributed by atoms with E-state index in [2.05, 4.69) is 65.5 Å². The van der Waals surface area contributed by atoms with Gasteiger partial charge in [0.15, 0.2) is 0 Å². The predicted molar refractivity (Wildman–Crippen MR) is 121 cm³/mol. The van der Waals surface area contributed by atoms with Crippen LogP contribution in [0.1, 0.15) is 51.7 Å². The van der Waals surface area contributed by atoms with Crippen LogP contribution >= 0.6 is 11.8 Å². The van der Waals surface area contributed by atoms with E-state index in [1.807, 2.05) is 13.8 Å². The SMILES string of the molecule is Cc1ccc(CN(C(=O)CSCc2c(C)noc2C)C2CCc3ccccc32)cc1. The molecule has 1 aliphatic carbocycles. The van der Waals surface area contributed by atoms with Crippen molar-refractivity contribution in [3.05, 3.63) is 87.8 Å². The fourth-order valence-corrected chi connectivity index (χ4v) is 5.21. The second kappa shape index (κ2) is 9.09. The Balaban J connectivity index is 1.51. The minimum absolute atomic E-state index is 0.148. The number of rotatable bonds is 7. The van der Waals surface area contributed by atoms with Crippen LogP contribution in [0, 0.1) is 20.8 Å². The molecule has 1 unspecified atom stereocenters. The van der Waals surface area contributed by atoms with Gasteiger partial charge >= 0.3 is 0 Å². The molecule has 0 fully saturated rings. The standard InChI is InChI=1S/C25H28N2O2S/c1-17-8-10-20(11-9-17)14-27(24-13-12-21-6-4-5-7-22(21)24)25(28)16-30-15-23-18(2)26-29-19(23)3/h4-11,24H,12-16H2,1-3H3. The van der Waals surface area contributed by atoms with Gasteiger partial charge in [0.25, 0.3) is 0 Å². The van der Waals surface area contributed by atoms with Gasteiger partial charge in [-0.3, -0.25) is 4.79 Å². The second-order valence-corrected chi connectivity index (χ2v) is 9.04. The number of fused-ring (bicyclic) bond motifs is 1. The van der Waals surface area contributed by atoms with E-state index in [1.54, 1.807) is 11.8 Å². The van der Waals surface area contributed by atoms with E-state index in [0.717, 1.165) is 35.6 Å². The van der Waals surface area contributed by atoms with Gasteiger partial charge in [0, 0.05) is 17.9 Å². The number of hydrogen-bond acceptors (Lipinski definition) is 4. The maximum absolute atomic E-state index is 13.4. The van der Waals surface area contributed by atoms with Crippen molar-refractivity contribution in [1.29, 1.82) is 0 Å². The average Bonchev–Trinajstić information content (AvgIpc) is 3.31. The molecule has 1 heterocycles. The number of carbonyl (C=O) groups is 1. The van der Waals surface area contributed by atoms with Crippen LogP contribution in [0.5, 0.6) is 0 Å². The number of aryl methyl sites for hydroxylation is 4. The lowest BCUT2D eigenvalue weighted by atomic mass is 10.1. The lowest BCUT2D eigenvalue weighted by Crippen LogP contribution is -2.35. The van der Waals surface area contributed by atoms with Crippen LogP contribution in [0.15, 0.2) is 53.1 Å². The molecule has 0 bridgehead atoms. The Labute approximate surface area is 182 Å². The van der Waals surface area contributed by atoms with Crippen molar-refractivity contribution in [2.75, 3.05) is 5.75 Å². The molecule has 1 amide bonds. The van der Waals surface area contributed by atoms with E-state index < -0.39 is 0 Å². The quantitative estimate of drug-likeness (QED) is 0.503. The van der Waals surface area contributed by atoms with E-state index in [1.165, 1.54) is 22.3 Å². The summed E-state index contributed by atoms with van der Waals surface area (Å²) in [5, 5.41) is 4.02. The van der Waals surface area contributed by atoms with Crippen molar-refractivity contribution in [3.63, 3.8) is 0 Å². The van der Waals surface area contributed by atoms with E-state index in [0.29, 0.717) is 12.3 Å². The molecule has 0 radical (unpaired) electrons. The summed E-state index contributed by atoms with van der Waals surface area (Å²) in [5.74, 6) is 2.23. The van der Waals surface area contributed by atoms with E-state index >= 15 is 0 Å². The number of aromatic nitrogens is 1. The highest BCUT2D eigenvalue weighted by Crippen LogP contribution is 2.37. The van der Waals surface area contributed by atoms with Gasteiger partial charge in [0.05, 0.1) is 17.5 Å². The van der Waals surface area contributed by atoms with Crippen molar-refractivity contribution in [3.8, 4) is 0 Å². The van der Waals surface area contributed by atoms with Crippen molar-refractivity contribution in [2.24, 2.45) is 0 Å². The minimum Gasteiger partial charge on any atom is -0.361 e. The Morgan fingerprint density at radius 2 is 1.90 bits per heavy atom. The molecule has 156 valence electrons. The zero-order valence-electron chi connectivity index (χ0n) is 17.9.